The molecule has 0 aliphatic carbocycles. The van der Waals surface area contributed by atoms with Crippen molar-refractivity contribution in [3.8, 4) is 5.75 Å². The van der Waals surface area contributed by atoms with Gasteiger partial charge in [0.2, 0.25) is 0 Å². The van der Waals surface area contributed by atoms with Crippen LogP contribution in [0.2, 0.25) is 0 Å². The van der Waals surface area contributed by atoms with Gasteiger partial charge in [0.25, 0.3) is 0 Å². The summed E-state index contributed by atoms with van der Waals surface area (Å²) in [6, 6.07) is 7.65. The van der Waals surface area contributed by atoms with Gasteiger partial charge in [-0.25, -0.2) is 0 Å². The maximum atomic E-state index is 11.4. The number of hydrogen-bond donors (Lipinski definition) is 1. The molecule has 0 bridgehead atoms. The Hall–Kier alpha value is -1.63. The highest BCUT2D eigenvalue weighted by atomic mass is 16.5. The predicted octanol–water partition coefficient (Wildman–Crippen LogP) is 1.24. The number of nitrogens with zero attached hydrogens (tertiary/aromatic N) is 1. The number of rotatable bonds is 6. The molecule has 3 rings (SSSR count). The molecule has 1 N–H and O–H groups in total. The van der Waals surface area contributed by atoms with Crippen LogP contribution in [-0.2, 0) is 20.7 Å². The average molecular weight is 348 g/mol. The number of carbonyl (C=O) groups is 1. The van der Waals surface area contributed by atoms with Gasteiger partial charge in [0, 0.05) is 19.6 Å². The third kappa shape index (κ3) is 5.17. The predicted molar refractivity (Wildman–Crippen MR) is 94.9 cm³/mol. The first-order valence-electron chi connectivity index (χ1n) is 9.05. The van der Waals surface area contributed by atoms with Crippen LogP contribution >= 0.6 is 0 Å². The first-order chi connectivity index (χ1) is 12.2. The zero-order valence-electron chi connectivity index (χ0n) is 15.0. The van der Waals surface area contributed by atoms with Gasteiger partial charge in [-0.05, 0) is 43.6 Å². The van der Waals surface area contributed by atoms with Crippen molar-refractivity contribution in [1.82, 2.24) is 10.2 Å². The van der Waals surface area contributed by atoms with Gasteiger partial charge in [-0.3, -0.25) is 9.69 Å². The molecule has 6 heteroatoms. The van der Waals surface area contributed by atoms with Gasteiger partial charge in [-0.1, -0.05) is 12.1 Å². The average Bonchev–Trinajstić information content (AvgIpc) is 2.63. The van der Waals surface area contributed by atoms with Crippen LogP contribution in [0.15, 0.2) is 24.3 Å². The molecule has 2 heterocycles. The number of ether oxygens (including phenoxy) is 3. The third-order valence-corrected chi connectivity index (χ3v) is 4.99. The minimum absolute atomic E-state index is 0.0317. The highest BCUT2D eigenvalue weighted by molar-refractivity contribution is 5.72. The number of esters is 1. The Morgan fingerprint density at radius 2 is 2.20 bits per heavy atom. The molecule has 2 aliphatic rings. The van der Waals surface area contributed by atoms with Crippen molar-refractivity contribution in [3.63, 3.8) is 0 Å². The second-order valence-corrected chi connectivity index (χ2v) is 6.81. The number of methoxy groups -OCH3 is 1. The summed E-state index contributed by atoms with van der Waals surface area (Å²) in [7, 11) is 1.40. The van der Waals surface area contributed by atoms with Gasteiger partial charge in [0.1, 0.15) is 12.4 Å². The largest absolute Gasteiger partial charge is 0.492 e. The number of piperidine rings is 1. The first kappa shape index (κ1) is 18.2. The van der Waals surface area contributed by atoms with Crippen LogP contribution in [0.5, 0.6) is 5.75 Å². The summed E-state index contributed by atoms with van der Waals surface area (Å²) < 4.78 is 16.7. The monoisotopic (exact) mass is 348 g/mol. The summed E-state index contributed by atoms with van der Waals surface area (Å²) >= 11 is 0. The molecule has 0 unspecified atom stereocenters. The molecule has 2 fully saturated rings. The van der Waals surface area contributed by atoms with Crippen LogP contribution in [0.25, 0.3) is 0 Å². The highest BCUT2D eigenvalue weighted by Crippen LogP contribution is 2.27. The molecular weight excluding hydrogens is 320 g/mol. The van der Waals surface area contributed by atoms with E-state index in [2.05, 4.69) is 10.2 Å². The molecule has 1 spiro atoms. The number of carbonyl (C=O) groups excluding carboxylic acids is 1. The number of morpholine rings is 1. The SMILES string of the molecule is COC(=O)Cc1cccc(OCCN2CCOC3(CCNCC3)C2)c1. The van der Waals surface area contributed by atoms with Crippen LogP contribution in [0.4, 0.5) is 0 Å². The fourth-order valence-electron chi connectivity index (χ4n) is 3.58. The second-order valence-electron chi connectivity index (χ2n) is 6.81. The molecule has 2 saturated heterocycles. The van der Waals surface area contributed by atoms with E-state index in [0.29, 0.717) is 6.61 Å². The Bertz CT molecular complexity index is 567. The number of hydrogen-bond acceptors (Lipinski definition) is 6. The van der Waals surface area contributed by atoms with Gasteiger partial charge in [-0.15, -0.1) is 0 Å². The van der Waals surface area contributed by atoms with Crippen LogP contribution < -0.4 is 10.1 Å². The summed E-state index contributed by atoms with van der Waals surface area (Å²) in [5.74, 6) is 0.559. The van der Waals surface area contributed by atoms with Crippen molar-refractivity contribution in [2.24, 2.45) is 0 Å². The molecule has 25 heavy (non-hydrogen) atoms. The molecule has 0 atom stereocenters. The highest BCUT2D eigenvalue weighted by Gasteiger charge is 2.37. The lowest BCUT2D eigenvalue weighted by molar-refractivity contribution is -0.139. The molecular formula is C19H28N2O4. The van der Waals surface area contributed by atoms with E-state index in [-0.39, 0.29) is 18.0 Å². The lowest BCUT2D eigenvalue weighted by atomic mass is 9.90. The van der Waals surface area contributed by atoms with E-state index in [9.17, 15) is 4.79 Å². The fourth-order valence-corrected chi connectivity index (χ4v) is 3.58. The van der Waals surface area contributed by atoms with E-state index in [1.165, 1.54) is 7.11 Å². The maximum absolute atomic E-state index is 11.4. The first-order valence-corrected chi connectivity index (χ1v) is 9.05. The lowest BCUT2D eigenvalue weighted by Crippen LogP contribution is -2.56. The quantitative estimate of drug-likeness (QED) is 0.781. The van der Waals surface area contributed by atoms with Crippen molar-refractivity contribution >= 4 is 5.97 Å². The molecule has 0 radical (unpaired) electrons. The van der Waals surface area contributed by atoms with E-state index in [1.54, 1.807) is 0 Å². The standard InChI is InChI=1S/C19H28N2O4/c1-23-18(22)14-16-3-2-4-17(13-16)24-11-9-21-10-12-25-19(15-21)5-7-20-8-6-19/h2-4,13,20H,5-12,14-15H2,1H3. The Morgan fingerprint density at radius 1 is 1.36 bits per heavy atom. The maximum Gasteiger partial charge on any atom is 0.309 e. The van der Waals surface area contributed by atoms with Crippen molar-refractivity contribution in [2.75, 3.05) is 53.0 Å². The minimum Gasteiger partial charge on any atom is -0.492 e. The normalized spacial score (nSPS) is 20.4. The zero-order valence-corrected chi connectivity index (χ0v) is 15.0. The molecule has 138 valence electrons. The van der Waals surface area contributed by atoms with E-state index in [1.807, 2.05) is 24.3 Å². The summed E-state index contributed by atoms with van der Waals surface area (Å²) in [6.07, 6.45) is 2.44. The molecule has 6 nitrogen and oxygen atoms in total. The van der Waals surface area contributed by atoms with E-state index in [4.69, 9.17) is 14.2 Å². The number of nitrogens with one attached hydrogen (secondary N) is 1. The summed E-state index contributed by atoms with van der Waals surface area (Å²) in [5, 5.41) is 3.40. The second kappa shape index (κ2) is 8.65. The summed E-state index contributed by atoms with van der Waals surface area (Å²) in [6.45, 7) is 6.35. The smallest absolute Gasteiger partial charge is 0.309 e. The van der Waals surface area contributed by atoms with Crippen LogP contribution in [0.3, 0.4) is 0 Å². The Kier molecular flexibility index (Phi) is 6.29. The third-order valence-electron chi connectivity index (χ3n) is 4.99. The van der Waals surface area contributed by atoms with Gasteiger partial charge in [0.05, 0.1) is 25.7 Å². The molecule has 1 aromatic rings. The van der Waals surface area contributed by atoms with E-state index >= 15 is 0 Å². The van der Waals surface area contributed by atoms with E-state index in [0.717, 1.165) is 63.5 Å². The van der Waals surface area contributed by atoms with Crippen LogP contribution in [0, 0.1) is 0 Å². The summed E-state index contributed by atoms with van der Waals surface area (Å²) in [5.41, 5.74) is 0.939. The molecule has 0 aromatic heterocycles. The zero-order chi connectivity index (χ0) is 17.5. The van der Waals surface area contributed by atoms with Crippen molar-refractivity contribution in [2.45, 2.75) is 24.9 Å². The van der Waals surface area contributed by atoms with Crippen LogP contribution in [-0.4, -0.2) is 69.5 Å². The Balaban J connectivity index is 1.46. The molecule has 0 saturated carbocycles. The van der Waals surface area contributed by atoms with Crippen molar-refractivity contribution < 1.29 is 19.0 Å². The molecule has 2 aliphatic heterocycles. The van der Waals surface area contributed by atoms with Gasteiger partial charge >= 0.3 is 5.97 Å². The lowest BCUT2D eigenvalue weighted by Gasteiger charge is -2.45. The summed E-state index contributed by atoms with van der Waals surface area (Å²) in [4.78, 5) is 13.8. The Labute approximate surface area is 149 Å². The molecule has 0 amide bonds. The van der Waals surface area contributed by atoms with E-state index < -0.39 is 0 Å². The van der Waals surface area contributed by atoms with Gasteiger partial charge < -0.3 is 19.5 Å². The van der Waals surface area contributed by atoms with Gasteiger partial charge in [-0.2, -0.15) is 0 Å². The van der Waals surface area contributed by atoms with Gasteiger partial charge in [0.15, 0.2) is 0 Å². The number of benzene rings is 1. The van der Waals surface area contributed by atoms with Crippen molar-refractivity contribution in [1.29, 1.82) is 0 Å². The topological polar surface area (TPSA) is 60.0 Å². The molecule has 1 aromatic carbocycles. The minimum atomic E-state index is -0.238. The Morgan fingerprint density at radius 3 is 3.00 bits per heavy atom. The fraction of sp³-hybridized carbons (Fsp3) is 0.632. The van der Waals surface area contributed by atoms with Crippen LogP contribution in [0.1, 0.15) is 18.4 Å². The van der Waals surface area contributed by atoms with Crippen molar-refractivity contribution in [3.05, 3.63) is 29.8 Å².